The average molecular weight is 521 g/mol. The third kappa shape index (κ3) is 6.39. The van der Waals surface area contributed by atoms with Gasteiger partial charge in [-0.1, -0.05) is 63.9 Å². The number of fused-ring (bicyclic) bond motifs is 2. The van der Waals surface area contributed by atoms with E-state index in [4.69, 9.17) is 37.9 Å². The predicted molar refractivity (Wildman–Crippen MR) is 136 cm³/mol. The number of hydrogen-bond donors (Lipinski definition) is 0. The van der Waals surface area contributed by atoms with Crippen LogP contribution in [0.15, 0.2) is 30.3 Å². The number of benzene rings is 1. The maximum Gasteiger partial charge on any atom is 0.187 e. The fraction of sp³-hybridized carbons (Fsp3) is 0.793. The summed E-state index contributed by atoms with van der Waals surface area (Å²) >= 11 is 0. The fourth-order valence-electron chi connectivity index (χ4n) is 5.49. The highest BCUT2D eigenvalue weighted by Gasteiger charge is 2.57. The van der Waals surface area contributed by atoms with Gasteiger partial charge in [0.2, 0.25) is 0 Å². The smallest absolute Gasteiger partial charge is 0.187 e. The average Bonchev–Trinajstić information content (AvgIpc) is 3.73. The van der Waals surface area contributed by atoms with Crippen molar-refractivity contribution in [2.24, 2.45) is 5.92 Å². The summed E-state index contributed by atoms with van der Waals surface area (Å²) in [6.45, 7) is 10.8. The van der Waals surface area contributed by atoms with Crippen molar-refractivity contribution in [3.63, 3.8) is 0 Å². The lowest BCUT2D eigenvalue weighted by Crippen LogP contribution is -2.64. The van der Waals surface area contributed by atoms with E-state index in [1.54, 1.807) is 0 Å². The Hall–Kier alpha value is -1.10. The van der Waals surface area contributed by atoms with E-state index in [0.717, 1.165) is 31.2 Å². The van der Waals surface area contributed by atoms with Crippen LogP contribution in [0.2, 0.25) is 0 Å². The largest absolute Gasteiger partial charge is 0.375 e. The van der Waals surface area contributed by atoms with Crippen molar-refractivity contribution < 1.29 is 37.9 Å². The SMILES string of the molecule is CCCCOC1[C@@H]2OC(c3ccccc3)OCC2O[C@@H](OC2[C@H](C)COC(C)[C@@H]3O[C@H]23)[C@H]1OCCCC. The van der Waals surface area contributed by atoms with Gasteiger partial charge in [-0.05, 0) is 19.8 Å². The Balaban J connectivity index is 1.37. The molecule has 1 aromatic rings. The van der Waals surface area contributed by atoms with Gasteiger partial charge in [0, 0.05) is 24.7 Å². The van der Waals surface area contributed by atoms with Gasteiger partial charge in [-0.2, -0.15) is 0 Å². The van der Waals surface area contributed by atoms with Crippen LogP contribution in [0.3, 0.4) is 0 Å². The van der Waals surface area contributed by atoms with E-state index in [1.165, 1.54) is 0 Å². The molecule has 1 aromatic carbocycles. The third-order valence-electron chi connectivity index (χ3n) is 7.79. The molecule has 0 N–H and O–H groups in total. The molecule has 5 rings (SSSR count). The van der Waals surface area contributed by atoms with E-state index in [1.807, 2.05) is 30.3 Å². The zero-order valence-electron chi connectivity index (χ0n) is 22.7. The lowest BCUT2D eigenvalue weighted by molar-refractivity contribution is -0.377. The first-order valence-electron chi connectivity index (χ1n) is 14.2. The Kier molecular flexibility index (Phi) is 9.53. The molecule has 0 aromatic heterocycles. The molecule has 8 heteroatoms. The number of ether oxygens (including phenoxy) is 8. The van der Waals surface area contributed by atoms with Crippen LogP contribution in [0, 0.1) is 5.92 Å². The lowest BCUT2D eigenvalue weighted by atomic mass is 9.96. The highest BCUT2D eigenvalue weighted by Crippen LogP contribution is 2.41. The van der Waals surface area contributed by atoms with Gasteiger partial charge in [0.25, 0.3) is 0 Å². The topological polar surface area (TPSA) is 77.1 Å². The molecule has 4 saturated heterocycles. The van der Waals surface area contributed by atoms with Gasteiger partial charge in [-0.25, -0.2) is 0 Å². The summed E-state index contributed by atoms with van der Waals surface area (Å²) in [5, 5.41) is 0. The number of epoxide rings is 1. The molecule has 0 saturated carbocycles. The first-order chi connectivity index (χ1) is 18.1. The van der Waals surface area contributed by atoms with Crippen molar-refractivity contribution >= 4 is 0 Å². The van der Waals surface area contributed by atoms with Crippen LogP contribution in [-0.2, 0) is 37.9 Å². The normalized spacial score (nSPS) is 41.5. The Morgan fingerprint density at radius 1 is 0.757 bits per heavy atom. The van der Waals surface area contributed by atoms with Crippen LogP contribution < -0.4 is 0 Å². The first-order valence-corrected chi connectivity index (χ1v) is 14.2. The van der Waals surface area contributed by atoms with E-state index in [2.05, 4.69) is 27.7 Å². The predicted octanol–water partition coefficient (Wildman–Crippen LogP) is 4.40. The van der Waals surface area contributed by atoms with Crippen molar-refractivity contribution in [1.82, 2.24) is 0 Å². The second-order valence-electron chi connectivity index (χ2n) is 10.8. The molecule has 0 radical (unpaired) electrons. The van der Waals surface area contributed by atoms with Gasteiger partial charge >= 0.3 is 0 Å². The second-order valence-corrected chi connectivity index (χ2v) is 10.8. The Morgan fingerprint density at radius 3 is 2.22 bits per heavy atom. The van der Waals surface area contributed by atoms with E-state index >= 15 is 0 Å². The van der Waals surface area contributed by atoms with Crippen molar-refractivity contribution in [1.29, 1.82) is 0 Å². The summed E-state index contributed by atoms with van der Waals surface area (Å²) in [6.07, 6.45) is 1.49. The third-order valence-corrected chi connectivity index (χ3v) is 7.79. The first kappa shape index (κ1) is 27.5. The molecule has 8 nitrogen and oxygen atoms in total. The Morgan fingerprint density at radius 2 is 1.49 bits per heavy atom. The van der Waals surface area contributed by atoms with Gasteiger partial charge < -0.3 is 37.9 Å². The molecule has 0 aliphatic carbocycles. The summed E-state index contributed by atoms with van der Waals surface area (Å²) in [7, 11) is 0. The molecule has 0 bridgehead atoms. The summed E-state index contributed by atoms with van der Waals surface area (Å²) in [4.78, 5) is 0. The van der Waals surface area contributed by atoms with Crippen LogP contribution >= 0.6 is 0 Å². The Labute approximate surface area is 221 Å². The molecule has 0 amide bonds. The lowest BCUT2D eigenvalue weighted by Gasteiger charge is -2.49. The molecule has 0 spiro atoms. The zero-order valence-corrected chi connectivity index (χ0v) is 22.7. The fourth-order valence-corrected chi connectivity index (χ4v) is 5.49. The van der Waals surface area contributed by atoms with Gasteiger partial charge in [-0.3, -0.25) is 0 Å². The molecule has 5 unspecified atom stereocenters. The van der Waals surface area contributed by atoms with E-state index in [-0.39, 0.29) is 48.6 Å². The monoisotopic (exact) mass is 520 g/mol. The molecule has 37 heavy (non-hydrogen) atoms. The minimum absolute atomic E-state index is 0.00546. The molecule has 4 heterocycles. The van der Waals surface area contributed by atoms with E-state index in [0.29, 0.717) is 26.4 Å². The molecule has 4 fully saturated rings. The minimum Gasteiger partial charge on any atom is -0.375 e. The van der Waals surface area contributed by atoms with Gasteiger partial charge in [0.05, 0.1) is 25.4 Å². The van der Waals surface area contributed by atoms with Crippen LogP contribution in [-0.4, -0.2) is 81.5 Å². The van der Waals surface area contributed by atoms with Crippen molar-refractivity contribution in [2.75, 3.05) is 26.4 Å². The van der Waals surface area contributed by atoms with Crippen LogP contribution in [0.1, 0.15) is 65.2 Å². The van der Waals surface area contributed by atoms with E-state index < -0.39 is 18.7 Å². The summed E-state index contributed by atoms with van der Waals surface area (Å²) in [6, 6.07) is 10.0. The molecule has 208 valence electrons. The number of rotatable bonds is 11. The maximum absolute atomic E-state index is 6.72. The summed E-state index contributed by atoms with van der Waals surface area (Å²) in [5.41, 5.74) is 0.980. The van der Waals surface area contributed by atoms with E-state index in [9.17, 15) is 0 Å². The highest BCUT2D eigenvalue weighted by molar-refractivity contribution is 5.16. The highest BCUT2D eigenvalue weighted by atomic mass is 16.8. The summed E-state index contributed by atoms with van der Waals surface area (Å²) < 4.78 is 50.9. The molecule has 11 atom stereocenters. The number of unbranched alkanes of at least 4 members (excludes halogenated alkanes) is 2. The van der Waals surface area contributed by atoms with Crippen molar-refractivity contribution in [3.8, 4) is 0 Å². The van der Waals surface area contributed by atoms with Crippen LogP contribution in [0.5, 0.6) is 0 Å². The van der Waals surface area contributed by atoms with Crippen LogP contribution in [0.4, 0.5) is 0 Å². The molecular weight excluding hydrogens is 476 g/mol. The molecular formula is C29H44O8. The van der Waals surface area contributed by atoms with Gasteiger partial charge in [-0.15, -0.1) is 0 Å². The maximum atomic E-state index is 6.72. The van der Waals surface area contributed by atoms with Gasteiger partial charge in [0.1, 0.15) is 36.6 Å². The summed E-state index contributed by atoms with van der Waals surface area (Å²) in [5.74, 6) is 0.165. The standard InChI is InChI=1S/C29H44O8/c1-5-7-14-30-25-24-21(17-33-28(37-24)20-12-10-9-11-13-20)34-29(27(25)31-15-8-6-2)36-22-18(3)16-32-19(4)23-26(22)35-23/h9-13,18-19,21-29H,5-8,14-17H2,1-4H3/t18-,19?,21?,22?,23+,24-,25?,26-,27+,28?,29+/m1/s1. The quantitative estimate of drug-likeness (QED) is 0.314. The number of hydrogen-bond acceptors (Lipinski definition) is 8. The second kappa shape index (κ2) is 12.8. The Bertz CT molecular complexity index is 823. The van der Waals surface area contributed by atoms with Gasteiger partial charge in [0.15, 0.2) is 12.6 Å². The molecule has 4 aliphatic rings. The molecule has 4 aliphatic heterocycles. The van der Waals surface area contributed by atoms with Crippen LogP contribution in [0.25, 0.3) is 0 Å². The van der Waals surface area contributed by atoms with Crippen molar-refractivity contribution in [2.45, 2.75) is 115 Å². The van der Waals surface area contributed by atoms with Crippen molar-refractivity contribution in [3.05, 3.63) is 35.9 Å². The zero-order chi connectivity index (χ0) is 25.8. The minimum atomic E-state index is -0.615.